The van der Waals surface area contributed by atoms with Crippen LogP contribution < -0.4 is 4.31 Å². The third kappa shape index (κ3) is 2.81. The summed E-state index contributed by atoms with van der Waals surface area (Å²) in [5.74, 6) is 0. The van der Waals surface area contributed by atoms with Gasteiger partial charge in [0.25, 0.3) is 10.0 Å². The maximum Gasteiger partial charge on any atom is 0.264 e. The van der Waals surface area contributed by atoms with Gasteiger partial charge in [0.05, 0.1) is 10.6 Å². The molecule has 0 aliphatic heterocycles. The van der Waals surface area contributed by atoms with Crippen LogP contribution >= 0.6 is 11.6 Å². The van der Waals surface area contributed by atoms with Crippen LogP contribution in [0.2, 0.25) is 5.02 Å². The average molecular weight is 310 g/mol. The smallest absolute Gasteiger partial charge is 0.264 e. The van der Waals surface area contributed by atoms with Crippen LogP contribution in [0, 0.1) is 6.92 Å². The second kappa shape index (κ2) is 5.85. The summed E-state index contributed by atoms with van der Waals surface area (Å²) < 4.78 is 26.8. The maximum atomic E-state index is 12.7. The zero-order chi connectivity index (χ0) is 14.8. The first kappa shape index (κ1) is 14.9. The molecule has 0 aliphatic rings. The molecule has 0 unspecified atom stereocenters. The summed E-state index contributed by atoms with van der Waals surface area (Å²) in [6.07, 6.45) is 0. The molecule has 0 atom stereocenters. The molecule has 0 radical (unpaired) electrons. The highest BCUT2D eigenvalue weighted by Crippen LogP contribution is 2.25. The zero-order valence-corrected chi connectivity index (χ0v) is 12.9. The molecular formula is C15H16ClNO2S. The van der Waals surface area contributed by atoms with E-state index in [1.165, 1.54) is 10.4 Å². The van der Waals surface area contributed by atoms with Gasteiger partial charge in [0.2, 0.25) is 0 Å². The number of rotatable bonds is 4. The third-order valence-corrected chi connectivity index (χ3v) is 5.37. The summed E-state index contributed by atoms with van der Waals surface area (Å²) in [5, 5.41) is 0.562. The van der Waals surface area contributed by atoms with Crippen molar-refractivity contribution in [1.82, 2.24) is 0 Å². The summed E-state index contributed by atoms with van der Waals surface area (Å²) in [7, 11) is -3.57. The van der Waals surface area contributed by atoms with Crippen LogP contribution in [0.15, 0.2) is 53.4 Å². The molecule has 0 spiro atoms. The first-order valence-electron chi connectivity index (χ1n) is 6.30. The van der Waals surface area contributed by atoms with E-state index in [-0.39, 0.29) is 4.90 Å². The van der Waals surface area contributed by atoms with E-state index in [2.05, 4.69) is 0 Å². The summed E-state index contributed by atoms with van der Waals surface area (Å²) in [6, 6.07) is 13.8. The largest absolute Gasteiger partial charge is 0.267 e. The Bertz CT molecular complexity index is 699. The van der Waals surface area contributed by atoms with E-state index in [4.69, 9.17) is 11.6 Å². The molecular weight excluding hydrogens is 294 g/mol. The SMILES string of the molecule is CCN(c1ccccc1)S(=O)(=O)c1ccc(Cl)c(C)c1. The molecule has 3 nitrogen and oxygen atoms in total. The minimum Gasteiger partial charge on any atom is -0.267 e. The molecule has 0 N–H and O–H groups in total. The molecule has 2 rings (SSSR count). The van der Waals surface area contributed by atoms with E-state index in [0.29, 0.717) is 17.3 Å². The molecule has 0 heterocycles. The summed E-state index contributed by atoms with van der Waals surface area (Å²) >= 11 is 5.95. The molecule has 0 aliphatic carbocycles. The van der Waals surface area contributed by atoms with Crippen molar-refractivity contribution in [3.05, 3.63) is 59.1 Å². The Morgan fingerprint density at radius 1 is 1.10 bits per heavy atom. The van der Waals surface area contributed by atoms with Crippen LogP contribution in [-0.4, -0.2) is 15.0 Å². The van der Waals surface area contributed by atoms with Crippen molar-refractivity contribution < 1.29 is 8.42 Å². The van der Waals surface area contributed by atoms with Crippen molar-refractivity contribution in [3.63, 3.8) is 0 Å². The third-order valence-electron chi connectivity index (χ3n) is 3.05. The number of sulfonamides is 1. The Hall–Kier alpha value is -1.52. The molecule has 0 bridgehead atoms. The van der Waals surface area contributed by atoms with Gasteiger partial charge in [-0.15, -0.1) is 0 Å². The highest BCUT2D eigenvalue weighted by atomic mass is 35.5. The molecule has 2 aromatic rings. The zero-order valence-electron chi connectivity index (χ0n) is 11.4. The van der Waals surface area contributed by atoms with Crippen LogP contribution in [0.25, 0.3) is 0 Å². The van der Waals surface area contributed by atoms with Gasteiger partial charge in [-0.1, -0.05) is 29.8 Å². The van der Waals surface area contributed by atoms with E-state index in [0.717, 1.165) is 5.56 Å². The predicted molar refractivity (Wildman–Crippen MR) is 82.8 cm³/mol. The number of halogens is 1. The quantitative estimate of drug-likeness (QED) is 0.860. The number of benzene rings is 2. The number of hydrogen-bond acceptors (Lipinski definition) is 2. The lowest BCUT2D eigenvalue weighted by Gasteiger charge is -2.23. The van der Waals surface area contributed by atoms with Crippen molar-refractivity contribution in [2.24, 2.45) is 0 Å². The van der Waals surface area contributed by atoms with Gasteiger partial charge in [-0.2, -0.15) is 0 Å². The van der Waals surface area contributed by atoms with E-state index in [1.54, 1.807) is 31.2 Å². The first-order chi connectivity index (χ1) is 9.46. The Balaban J connectivity index is 2.50. The summed E-state index contributed by atoms with van der Waals surface area (Å²) in [4.78, 5) is 0.255. The van der Waals surface area contributed by atoms with Gasteiger partial charge in [-0.25, -0.2) is 8.42 Å². The Labute approximate surface area is 124 Å². The standard InChI is InChI=1S/C15H16ClNO2S/c1-3-17(13-7-5-4-6-8-13)20(18,19)14-9-10-15(16)12(2)11-14/h4-11H,3H2,1-2H3. The number of anilines is 1. The van der Waals surface area contributed by atoms with Gasteiger partial charge in [-0.3, -0.25) is 4.31 Å². The van der Waals surface area contributed by atoms with Crippen molar-refractivity contribution in [2.45, 2.75) is 18.7 Å². The molecule has 0 amide bonds. The van der Waals surface area contributed by atoms with Gasteiger partial charge in [-0.05, 0) is 49.7 Å². The van der Waals surface area contributed by atoms with Crippen LogP contribution in [0.5, 0.6) is 0 Å². The molecule has 2 aromatic carbocycles. The number of para-hydroxylation sites is 1. The van der Waals surface area contributed by atoms with E-state index < -0.39 is 10.0 Å². The average Bonchev–Trinajstić information content (AvgIpc) is 2.43. The van der Waals surface area contributed by atoms with Gasteiger partial charge in [0.1, 0.15) is 0 Å². The van der Waals surface area contributed by atoms with Crippen LogP contribution in [0.3, 0.4) is 0 Å². The molecule has 0 fully saturated rings. The molecule has 5 heteroatoms. The summed E-state index contributed by atoms with van der Waals surface area (Å²) in [5.41, 5.74) is 1.40. The van der Waals surface area contributed by atoms with Crippen LogP contribution in [-0.2, 0) is 10.0 Å². The number of hydrogen-bond donors (Lipinski definition) is 0. The number of nitrogens with zero attached hydrogens (tertiary/aromatic N) is 1. The monoisotopic (exact) mass is 309 g/mol. The lowest BCUT2D eigenvalue weighted by Crippen LogP contribution is -2.30. The van der Waals surface area contributed by atoms with E-state index >= 15 is 0 Å². The van der Waals surface area contributed by atoms with Crippen LogP contribution in [0.1, 0.15) is 12.5 Å². The number of aryl methyl sites for hydroxylation is 1. The highest BCUT2D eigenvalue weighted by molar-refractivity contribution is 7.92. The lowest BCUT2D eigenvalue weighted by atomic mass is 10.2. The normalized spacial score (nSPS) is 11.3. The lowest BCUT2D eigenvalue weighted by molar-refractivity contribution is 0.592. The maximum absolute atomic E-state index is 12.7. The molecule has 20 heavy (non-hydrogen) atoms. The van der Waals surface area contributed by atoms with Crippen molar-refractivity contribution in [2.75, 3.05) is 10.8 Å². The summed E-state index contributed by atoms with van der Waals surface area (Å²) in [6.45, 7) is 3.97. The van der Waals surface area contributed by atoms with E-state index in [1.807, 2.05) is 25.1 Å². The Kier molecular flexibility index (Phi) is 4.35. The van der Waals surface area contributed by atoms with Gasteiger partial charge in [0, 0.05) is 11.6 Å². The fourth-order valence-electron chi connectivity index (χ4n) is 1.99. The fourth-order valence-corrected chi connectivity index (χ4v) is 3.67. The minimum absolute atomic E-state index is 0.255. The molecule has 106 valence electrons. The van der Waals surface area contributed by atoms with E-state index in [9.17, 15) is 8.42 Å². The van der Waals surface area contributed by atoms with Crippen molar-refractivity contribution in [1.29, 1.82) is 0 Å². The van der Waals surface area contributed by atoms with Gasteiger partial charge in [0.15, 0.2) is 0 Å². The van der Waals surface area contributed by atoms with Crippen molar-refractivity contribution >= 4 is 27.3 Å². The van der Waals surface area contributed by atoms with Crippen molar-refractivity contribution in [3.8, 4) is 0 Å². The van der Waals surface area contributed by atoms with Gasteiger partial charge >= 0.3 is 0 Å². The minimum atomic E-state index is -3.57. The second-order valence-corrected chi connectivity index (χ2v) is 6.69. The molecule has 0 saturated carbocycles. The first-order valence-corrected chi connectivity index (χ1v) is 8.12. The highest BCUT2D eigenvalue weighted by Gasteiger charge is 2.23. The molecule has 0 aromatic heterocycles. The Morgan fingerprint density at radius 2 is 1.75 bits per heavy atom. The topological polar surface area (TPSA) is 37.4 Å². The predicted octanol–water partition coefficient (Wildman–Crippen LogP) is 3.86. The Morgan fingerprint density at radius 3 is 2.30 bits per heavy atom. The molecule has 0 saturated heterocycles. The van der Waals surface area contributed by atoms with Crippen LogP contribution in [0.4, 0.5) is 5.69 Å². The fraction of sp³-hybridized carbons (Fsp3) is 0.200. The van der Waals surface area contributed by atoms with Gasteiger partial charge < -0.3 is 0 Å². The second-order valence-electron chi connectivity index (χ2n) is 4.42.